The Balaban J connectivity index is 1.35. The fourth-order valence-electron chi connectivity index (χ4n) is 4.43. The molecule has 8 nitrogen and oxygen atoms in total. The predicted octanol–water partition coefficient (Wildman–Crippen LogP) is 3.05. The Morgan fingerprint density at radius 3 is 2.47 bits per heavy atom. The molecule has 0 spiro atoms. The summed E-state index contributed by atoms with van der Waals surface area (Å²) < 4.78 is 1.34. The van der Waals surface area contributed by atoms with Crippen LogP contribution in [-0.4, -0.2) is 58.9 Å². The molecule has 2 fully saturated rings. The highest BCUT2D eigenvalue weighted by atomic mass is 16.7. The molecule has 2 aliphatic rings. The molecule has 8 heteroatoms. The van der Waals surface area contributed by atoms with Crippen LogP contribution in [0.5, 0.6) is 0 Å². The summed E-state index contributed by atoms with van der Waals surface area (Å²) in [5.74, 6) is 0.441. The lowest BCUT2D eigenvalue weighted by atomic mass is 9.98. The smallest absolute Gasteiger partial charge is 0.285 e. The van der Waals surface area contributed by atoms with Crippen LogP contribution in [0.1, 0.15) is 32.1 Å². The number of hydrogen-bond donors (Lipinski definition) is 1. The lowest BCUT2D eigenvalue weighted by molar-refractivity contribution is 0.0156. The summed E-state index contributed by atoms with van der Waals surface area (Å²) >= 11 is 0. The van der Waals surface area contributed by atoms with E-state index in [1.165, 1.54) is 22.9 Å². The SMILES string of the molecule is CN1CCN(c2ccc(Nc3ncc4ccc(=O)n(OC5CCCCC5)c4n3)cc2)CC1. The van der Waals surface area contributed by atoms with Gasteiger partial charge in [0.15, 0.2) is 5.65 Å². The van der Waals surface area contributed by atoms with Gasteiger partial charge in [0, 0.05) is 55.2 Å². The van der Waals surface area contributed by atoms with Crippen molar-refractivity contribution in [3.05, 3.63) is 52.9 Å². The molecule has 3 heterocycles. The molecular weight excluding hydrogens is 404 g/mol. The first-order valence-corrected chi connectivity index (χ1v) is 11.5. The number of piperazine rings is 1. The van der Waals surface area contributed by atoms with Gasteiger partial charge in [0.25, 0.3) is 5.56 Å². The number of nitrogens with zero attached hydrogens (tertiary/aromatic N) is 5. The van der Waals surface area contributed by atoms with Crippen molar-refractivity contribution in [2.75, 3.05) is 43.4 Å². The molecule has 3 aromatic rings. The van der Waals surface area contributed by atoms with Crippen LogP contribution < -0.4 is 20.6 Å². The van der Waals surface area contributed by atoms with Crippen molar-refractivity contribution >= 4 is 28.4 Å². The molecule has 1 saturated heterocycles. The van der Waals surface area contributed by atoms with Gasteiger partial charge in [-0.25, -0.2) is 4.98 Å². The minimum absolute atomic E-state index is 0.0561. The number of rotatable bonds is 5. The van der Waals surface area contributed by atoms with Crippen LogP contribution >= 0.6 is 0 Å². The van der Waals surface area contributed by atoms with Gasteiger partial charge in [-0.05, 0) is 63.1 Å². The zero-order valence-corrected chi connectivity index (χ0v) is 18.5. The highest BCUT2D eigenvalue weighted by Gasteiger charge is 2.18. The largest absolute Gasteiger partial charge is 0.405 e. The Morgan fingerprint density at radius 2 is 1.72 bits per heavy atom. The van der Waals surface area contributed by atoms with Gasteiger partial charge in [-0.2, -0.15) is 4.98 Å². The van der Waals surface area contributed by atoms with E-state index < -0.39 is 0 Å². The zero-order valence-electron chi connectivity index (χ0n) is 18.5. The zero-order chi connectivity index (χ0) is 21.9. The van der Waals surface area contributed by atoms with E-state index in [2.05, 4.69) is 44.3 Å². The molecule has 1 saturated carbocycles. The predicted molar refractivity (Wildman–Crippen MR) is 127 cm³/mol. The molecule has 0 radical (unpaired) electrons. The lowest BCUT2D eigenvalue weighted by Gasteiger charge is -2.34. The van der Waals surface area contributed by atoms with E-state index in [-0.39, 0.29) is 11.7 Å². The Kier molecular flexibility index (Phi) is 5.94. The highest BCUT2D eigenvalue weighted by Crippen LogP contribution is 2.22. The second-order valence-corrected chi connectivity index (χ2v) is 8.77. The Labute approximate surface area is 187 Å². The Hall–Kier alpha value is -3.13. The number of aromatic nitrogens is 3. The first-order valence-electron chi connectivity index (χ1n) is 11.5. The fourth-order valence-corrected chi connectivity index (χ4v) is 4.43. The topological polar surface area (TPSA) is 75.5 Å². The first-order chi connectivity index (χ1) is 15.7. The summed E-state index contributed by atoms with van der Waals surface area (Å²) in [4.78, 5) is 32.4. The molecule has 168 valence electrons. The Bertz CT molecular complexity index is 1120. The van der Waals surface area contributed by atoms with Gasteiger partial charge in [-0.15, -0.1) is 4.73 Å². The number of nitrogens with one attached hydrogen (secondary N) is 1. The molecular formula is C24H30N6O2. The monoisotopic (exact) mass is 434 g/mol. The minimum Gasteiger partial charge on any atom is -0.405 e. The molecule has 1 aliphatic carbocycles. The second kappa shape index (κ2) is 9.16. The second-order valence-electron chi connectivity index (χ2n) is 8.77. The summed E-state index contributed by atoms with van der Waals surface area (Å²) in [6.07, 6.45) is 7.22. The van der Waals surface area contributed by atoms with E-state index in [9.17, 15) is 4.79 Å². The number of hydrogen-bond acceptors (Lipinski definition) is 7. The highest BCUT2D eigenvalue weighted by molar-refractivity contribution is 5.75. The van der Waals surface area contributed by atoms with Crippen molar-refractivity contribution in [2.24, 2.45) is 0 Å². The van der Waals surface area contributed by atoms with Crippen molar-refractivity contribution < 1.29 is 4.84 Å². The number of likely N-dealkylation sites (N-methyl/N-ethyl adjacent to an activating group) is 1. The van der Waals surface area contributed by atoms with Gasteiger partial charge >= 0.3 is 0 Å². The van der Waals surface area contributed by atoms with Gasteiger partial charge < -0.3 is 20.0 Å². The average molecular weight is 435 g/mol. The van der Waals surface area contributed by atoms with Crippen LogP contribution in [0.4, 0.5) is 17.3 Å². The van der Waals surface area contributed by atoms with Crippen LogP contribution in [-0.2, 0) is 0 Å². The Morgan fingerprint density at radius 1 is 0.969 bits per heavy atom. The van der Waals surface area contributed by atoms with Gasteiger partial charge in [-0.3, -0.25) is 4.79 Å². The summed E-state index contributed by atoms with van der Waals surface area (Å²) in [7, 11) is 2.16. The fraction of sp³-hybridized carbons (Fsp3) is 0.458. The maximum atomic E-state index is 12.5. The van der Waals surface area contributed by atoms with Crippen LogP contribution in [0.3, 0.4) is 0 Å². The van der Waals surface area contributed by atoms with Crippen molar-refractivity contribution in [1.29, 1.82) is 0 Å². The quantitative estimate of drug-likeness (QED) is 0.661. The third kappa shape index (κ3) is 4.55. The lowest BCUT2D eigenvalue weighted by Crippen LogP contribution is -2.44. The molecule has 0 unspecified atom stereocenters. The van der Waals surface area contributed by atoms with E-state index in [0.29, 0.717) is 11.6 Å². The normalized spacial score (nSPS) is 18.1. The molecule has 1 N–H and O–H groups in total. The van der Waals surface area contributed by atoms with Crippen molar-refractivity contribution in [1.82, 2.24) is 19.6 Å². The van der Waals surface area contributed by atoms with E-state index in [4.69, 9.17) is 4.84 Å². The number of benzene rings is 1. The van der Waals surface area contributed by atoms with E-state index >= 15 is 0 Å². The summed E-state index contributed by atoms with van der Waals surface area (Å²) in [5, 5.41) is 4.04. The van der Waals surface area contributed by atoms with Crippen molar-refractivity contribution in [3.8, 4) is 0 Å². The minimum atomic E-state index is -0.204. The van der Waals surface area contributed by atoms with Crippen LogP contribution in [0.25, 0.3) is 11.0 Å². The molecule has 1 aliphatic heterocycles. The van der Waals surface area contributed by atoms with Crippen molar-refractivity contribution in [2.45, 2.75) is 38.2 Å². The van der Waals surface area contributed by atoms with Crippen molar-refractivity contribution in [3.63, 3.8) is 0 Å². The number of pyridine rings is 1. The van der Waals surface area contributed by atoms with Crippen LogP contribution in [0.2, 0.25) is 0 Å². The van der Waals surface area contributed by atoms with Gasteiger partial charge in [-0.1, -0.05) is 6.42 Å². The first kappa shape index (κ1) is 20.8. The molecule has 0 atom stereocenters. The summed E-state index contributed by atoms with van der Waals surface area (Å²) in [6, 6.07) is 11.6. The van der Waals surface area contributed by atoms with E-state index in [0.717, 1.165) is 62.9 Å². The molecule has 0 bridgehead atoms. The third-order valence-corrected chi connectivity index (χ3v) is 6.39. The average Bonchev–Trinajstić information content (AvgIpc) is 2.83. The molecule has 0 amide bonds. The van der Waals surface area contributed by atoms with Gasteiger partial charge in [0.05, 0.1) is 0 Å². The molecule has 5 rings (SSSR count). The summed E-state index contributed by atoms with van der Waals surface area (Å²) in [6.45, 7) is 4.23. The van der Waals surface area contributed by atoms with Crippen LogP contribution in [0, 0.1) is 0 Å². The van der Waals surface area contributed by atoms with Gasteiger partial charge in [0.1, 0.15) is 6.10 Å². The molecule has 1 aromatic carbocycles. The third-order valence-electron chi connectivity index (χ3n) is 6.39. The number of fused-ring (bicyclic) bond motifs is 1. The number of anilines is 3. The van der Waals surface area contributed by atoms with Gasteiger partial charge in [0.2, 0.25) is 5.95 Å². The van der Waals surface area contributed by atoms with Crippen LogP contribution in [0.15, 0.2) is 47.4 Å². The van der Waals surface area contributed by atoms with E-state index in [1.54, 1.807) is 12.3 Å². The maximum Gasteiger partial charge on any atom is 0.285 e. The standard InChI is InChI=1S/C24H30N6O2/c1-28-13-15-29(16-14-28)20-10-8-19(9-11-20)26-24-25-17-18-7-12-22(31)30(23(18)27-24)32-21-5-3-2-4-6-21/h7-12,17,21H,2-6,13-16H2,1H3,(H,25,26,27). The molecule has 2 aromatic heterocycles. The summed E-state index contributed by atoms with van der Waals surface area (Å²) in [5.41, 5.74) is 2.41. The maximum absolute atomic E-state index is 12.5. The molecule has 32 heavy (non-hydrogen) atoms. The van der Waals surface area contributed by atoms with E-state index in [1.807, 2.05) is 12.1 Å².